The van der Waals surface area contributed by atoms with Crippen LogP contribution in [-0.4, -0.2) is 99.6 Å². The monoisotopic (exact) mass is 655 g/mol. The minimum absolute atomic E-state index is 0.0337. The maximum atomic E-state index is 12.8. The number of unbranched alkanes of at least 4 members (excludes halogenated alkanes) is 11. The van der Waals surface area contributed by atoms with Gasteiger partial charge in [-0.05, 0) is 52.7 Å². The van der Waals surface area contributed by atoms with Gasteiger partial charge in [0.15, 0.2) is 6.10 Å². The summed E-state index contributed by atoms with van der Waals surface area (Å²) >= 11 is 0. The normalized spacial score (nSPS) is 11.0. The van der Waals surface area contributed by atoms with Gasteiger partial charge in [0, 0.05) is 45.3 Å². The molecule has 0 aromatic heterocycles. The van der Waals surface area contributed by atoms with Crippen LogP contribution >= 0.6 is 0 Å². The predicted molar refractivity (Wildman–Crippen MR) is 180 cm³/mol. The number of hydrogen-bond acceptors (Lipinski definition) is 9. The summed E-state index contributed by atoms with van der Waals surface area (Å²) in [6.45, 7) is 6.05. The van der Waals surface area contributed by atoms with Crippen molar-refractivity contribution in [2.75, 3.05) is 53.5 Å². The topological polar surface area (TPSA) is 132 Å². The minimum atomic E-state index is -0.904. The van der Waals surface area contributed by atoms with Gasteiger partial charge in [-0.2, -0.15) is 0 Å². The molecule has 11 nitrogen and oxygen atoms in total. The number of esters is 3. The molecule has 0 radical (unpaired) electrons. The van der Waals surface area contributed by atoms with Crippen LogP contribution in [0.3, 0.4) is 0 Å². The van der Waals surface area contributed by atoms with Crippen LogP contribution < -0.4 is 5.32 Å². The van der Waals surface area contributed by atoms with Crippen molar-refractivity contribution in [3.8, 4) is 0 Å². The average Bonchev–Trinajstić information content (AvgIpc) is 3.03. The molecule has 0 heterocycles. The first kappa shape index (κ1) is 43.3. The van der Waals surface area contributed by atoms with Gasteiger partial charge in [0.2, 0.25) is 0 Å². The van der Waals surface area contributed by atoms with Gasteiger partial charge >= 0.3 is 23.9 Å². The highest BCUT2D eigenvalue weighted by atomic mass is 16.6. The van der Waals surface area contributed by atoms with Gasteiger partial charge in [-0.15, -0.1) is 0 Å². The van der Waals surface area contributed by atoms with Gasteiger partial charge in [0.25, 0.3) is 0 Å². The minimum Gasteiger partial charge on any atom is -0.462 e. The second-order valence-corrected chi connectivity index (χ2v) is 12.3. The van der Waals surface area contributed by atoms with Crippen LogP contribution in [0.2, 0.25) is 0 Å². The lowest BCUT2D eigenvalue weighted by Gasteiger charge is -2.23. The van der Waals surface area contributed by atoms with E-state index >= 15 is 0 Å². The highest BCUT2D eigenvalue weighted by Gasteiger charge is 2.20. The Morgan fingerprint density at radius 1 is 0.630 bits per heavy atom. The number of ether oxygens (including phenoxy) is 3. The number of hydrogen-bond donors (Lipinski definition) is 1. The molecule has 2 amide bonds. The van der Waals surface area contributed by atoms with Crippen molar-refractivity contribution in [1.82, 2.24) is 15.1 Å². The van der Waals surface area contributed by atoms with Crippen LogP contribution in [-0.2, 0) is 33.4 Å². The number of rotatable bonds is 31. The van der Waals surface area contributed by atoms with Crippen LogP contribution in [0.25, 0.3) is 0 Å². The number of carbonyl (C=O) groups excluding carboxylic acids is 5. The highest BCUT2D eigenvalue weighted by molar-refractivity contribution is 5.74. The number of carbonyl (C=O) groups is 5. The standard InChI is InChI=1S/C35H65N3O8/c1-5-7-9-11-13-15-21-32(40)44-29-31(30-45-33(41)22-16-14-12-10-8-6-2)46-34(42)23-19-27-38(26-17-18-28-39)35(43)36-24-20-25-37(3)4/h28,31H,5-27,29-30H2,1-4H3,(H,36,43). The number of amides is 2. The molecule has 0 atom stereocenters. The molecule has 268 valence electrons. The molecule has 0 saturated heterocycles. The summed E-state index contributed by atoms with van der Waals surface area (Å²) in [5, 5.41) is 2.90. The molecule has 0 aromatic rings. The third-order valence-electron chi connectivity index (χ3n) is 7.53. The molecule has 11 heteroatoms. The molecular formula is C35H65N3O8. The largest absolute Gasteiger partial charge is 0.462 e. The van der Waals surface area contributed by atoms with Gasteiger partial charge in [0.05, 0.1) is 0 Å². The molecule has 0 aliphatic rings. The third kappa shape index (κ3) is 27.6. The summed E-state index contributed by atoms with van der Waals surface area (Å²) in [6, 6.07) is -0.231. The molecule has 0 bridgehead atoms. The van der Waals surface area contributed by atoms with Crippen molar-refractivity contribution < 1.29 is 38.2 Å². The van der Waals surface area contributed by atoms with E-state index in [4.69, 9.17) is 14.2 Å². The van der Waals surface area contributed by atoms with E-state index in [1.165, 1.54) is 12.8 Å². The molecule has 0 fully saturated rings. The Bertz CT molecular complexity index is 777. The van der Waals surface area contributed by atoms with E-state index in [2.05, 4.69) is 19.2 Å². The second-order valence-electron chi connectivity index (χ2n) is 12.3. The second kappa shape index (κ2) is 30.9. The van der Waals surface area contributed by atoms with E-state index < -0.39 is 12.1 Å². The van der Waals surface area contributed by atoms with E-state index in [1.807, 2.05) is 19.0 Å². The lowest BCUT2D eigenvalue weighted by molar-refractivity contribution is -0.167. The Morgan fingerprint density at radius 2 is 1.13 bits per heavy atom. The van der Waals surface area contributed by atoms with E-state index in [-0.39, 0.29) is 37.6 Å². The van der Waals surface area contributed by atoms with Gasteiger partial charge in [-0.1, -0.05) is 78.1 Å². The van der Waals surface area contributed by atoms with E-state index in [9.17, 15) is 24.0 Å². The van der Waals surface area contributed by atoms with E-state index in [0.29, 0.717) is 51.7 Å². The van der Waals surface area contributed by atoms with Crippen molar-refractivity contribution >= 4 is 30.2 Å². The fraction of sp³-hybridized carbons (Fsp3) is 0.857. The van der Waals surface area contributed by atoms with Crippen molar-refractivity contribution in [3.63, 3.8) is 0 Å². The Labute approximate surface area is 278 Å². The molecule has 46 heavy (non-hydrogen) atoms. The zero-order valence-corrected chi connectivity index (χ0v) is 29.5. The molecule has 0 rings (SSSR count). The summed E-state index contributed by atoms with van der Waals surface area (Å²) in [7, 11) is 3.94. The Balaban J connectivity index is 4.87. The predicted octanol–water partition coefficient (Wildman–Crippen LogP) is 6.21. The van der Waals surface area contributed by atoms with Crippen LogP contribution in [0.1, 0.15) is 136 Å². The van der Waals surface area contributed by atoms with Crippen LogP contribution in [0.5, 0.6) is 0 Å². The number of aldehydes is 1. The lowest BCUT2D eigenvalue weighted by atomic mass is 10.1. The first-order valence-electron chi connectivity index (χ1n) is 17.8. The fourth-order valence-corrected chi connectivity index (χ4v) is 4.77. The molecule has 1 N–H and O–H groups in total. The van der Waals surface area contributed by atoms with E-state index in [1.54, 1.807) is 4.90 Å². The highest BCUT2D eigenvalue weighted by Crippen LogP contribution is 2.10. The van der Waals surface area contributed by atoms with Gasteiger partial charge in [-0.3, -0.25) is 14.4 Å². The SMILES string of the molecule is CCCCCCCCC(=O)OCC(COC(=O)CCCCCCCC)OC(=O)CCCN(CCCC=O)C(=O)NCCCN(C)C. The van der Waals surface area contributed by atoms with Gasteiger partial charge in [0.1, 0.15) is 19.5 Å². The van der Waals surface area contributed by atoms with Crippen LogP contribution in [0.15, 0.2) is 0 Å². The first-order valence-corrected chi connectivity index (χ1v) is 17.8. The van der Waals surface area contributed by atoms with Gasteiger partial charge in [-0.25, -0.2) is 4.79 Å². The number of urea groups is 1. The fourth-order valence-electron chi connectivity index (χ4n) is 4.77. The average molecular weight is 656 g/mol. The smallest absolute Gasteiger partial charge is 0.317 e. The summed E-state index contributed by atoms with van der Waals surface area (Å²) in [4.78, 5) is 64.5. The summed E-state index contributed by atoms with van der Waals surface area (Å²) in [5.74, 6) is -1.25. The zero-order valence-electron chi connectivity index (χ0n) is 29.5. The van der Waals surface area contributed by atoms with Crippen molar-refractivity contribution in [2.45, 2.75) is 142 Å². The van der Waals surface area contributed by atoms with Crippen molar-refractivity contribution in [1.29, 1.82) is 0 Å². The molecule has 0 unspecified atom stereocenters. The number of nitrogens with one attached hydrogen (secondary N) is 1. The molecule has 0 spiro atoms. The summed E-state index contributed by atoms with van der Waals surface area (Å²) in [6.07, 6.45) is 15.2. The molecule has 0 saturated carbocycles. The number of nitrogens with zero attached hydrogens (tertiary/aromatic N) is 2. The summed E-state index contributed by atoms with van der Waals surface area (Å²) < 4.78 is 16.4. The maximum absolute atomic E-state index is 12.8. The van der Waals surface area contributed by atoms with Crippen LogP contribution in [0.4, 0.5) is 4.79 Å². The molecule has 0 aliphatic heterocycles. The maximum Gasteiger partial charge on any atom is 0.317 e. The van der Waals surface area contributed by atoms with Crippen molar-refractivity contribution in [3.05, 3.63) is 0 Å². The molecule has 0 aliphatic carbocycles. The third-order valence-corrected chi connectivity index (χ3v) is 7.53. The lowest BCUT2D eigenvalue weighted by Crippen LogP contribution is -2.42. The van der Waals surface area contributed by atoms with Crippen molar-refractivity contribution in [2.24, 2.45) is 0 Å². The van der Waals surface area contributed by atoms with Gasteiger partial charge < -0.3 is 34.1 Å². The molecule has 0 aromatic carbocycles. The Morgan fingerprint density at radius 3 is 1.65 bits per heavy atom. The summed E-state index contributed by atoms with van der Waals surface area (Å²) in [5.41, 5.74) is 0. The quantitative estimate of drug-likeness (QED) is 0.0401. The van der Waals surface area contributed by atoms with Crippen LogP contribution in [0, 0.1) is 0 Å². The Kier molecular flexibility index (Phi) is 29.1. The van der Waals surface area contributed by atoms with E-state index in [0.717, 1.165) is 83.5 Å². The zero-order chi connectivity index (χ0) is 34.3. The molecular weight excluding hydrogens is 590 g/mol. The first-order chi connectivity index (χ1) is 22.2. The Hall–Kier alpha value is -2.69.